The van der Waals surface area contributed by atoms with Gasteiger partial charge in [-0.05, 0) is 96.0 Å². The van der Waals surface area contributed by atoms with Crippen molar-refractivity contribution in [3.8, 4) is 23.0 Å². The molecule has 0 atom stereocenters. The number of rotatable bonds is 3. The Morgan fingerprint density at radius 1 is 0.737 bits per heavy atom. The van der Waals surface area contributed by atoms with E-state index in [1.807, 2.05) is 12.1 Å². The van der Waals surface area contributed by atoms with Gasteiger partial charge in [0.1, 0.15) is 5.60 Å². The molecule has 0 heterocycles. The zero-order valence-corrected chi connectivity index (χ0v) is 25.7. The summed E-state index contributed by atoms with van der Waals surface area (Å²) in [4.78, 5) is 0. The smallest absolute Gasteiger partial charge is 0.120 e. The van der Waals surface area contributed by atoms with Gasteiger partial charge in [0, 0.05) is 17.1 Å². The predicted molar refractivity (Wildman–Crippen MR) is 166 cm³/mol. The molecule has 0 aliphatic carbocycles. The fourth-order valence-corrected chi connectivity index (χ4v) is 5.82. The van der Waals surface area contributed by atoms with Gasteiger partial charge >= 0.3 is 0 Å². The number of methoxy groups -OCH3 is 1. The molecule has 0 aromatic heterocycles. The average Bonchev–Trinajstić information content (AvgIpc) is 2.82. The van der Waals surface area contributed by atoms with Gasteiger partial charge in [-0.15, -0.1) is 0 Å². The Morgan fingerprint density at radius 3 is 1.82 bits per heavy atom. The van der Waals surface area contributed by atoms with E-state index in [0.29, 0.717) is 6.61 Å². The molecule has 0 bridgehead atoms. The molecule has 0 saturated heterocycles. The molecule has 0 unspecified atom stereocenters. The zero-order chi connectivity index (χ0) is 28.0. The maximum Gasteiger partial charge on any atom is 0.120 e. The molecule has 3 heteroatoms. The first-order chi connectivity index (χ1) is 17.6. The number of hydrogen-bond acceptors (Lipinski definition) is 2. The summed E-state index contributed by atoms with van der Waals surface area (Å²) in [5, 5.41) is 14.8. The Kier molecular flexibility index (Phi) is 7.58. The third-order valence-corrected chi connectivity index (χ3v) is 7.79. The lowest BCUT2D eigenvalue weighted by molar-refractivity contribution is 0.143. The number of aliphatic hydroxyl groups is 1. The van der Waals surface area contributed by atoms with Crippen molar-refractivity contribution in [1.82, 2.24) is 0 Å². The van der Waals surface area contributed by atoms with Gasteiger partial charge in [0.2, 0.25) is 0 Å². The van der Waals surface area contributed by atoms with Crippen LogP contribution in [0.25, 0.3) is 32.7 Å². The molecule has 0 aliphatic rings. The molecule has 0 spiro atoms. The van der Waals surface area contributed by atoms with Crippen LogP contribution in [0.3, 0.4) is 0 Å². The highest BCUT2D eigenvalue weighted by Gasteiger charge is 2.27. The van der Waals surface area contributed by atoms with Crippen molar-refractivity contribution in [2.75, 3.05) is 7.11 Å². The molecule has 4 aromatic carbocycles. The Labute approximate surface area is 236 Å². The highest BCUT2D eigenvalue weighted by molar-refractivity contribution is 9.10. The van der Waals surface area contributed by atoms with E-state index < -0.39 is 5.60 Å². The fourth-order valence-electron chi connectivity index (χ4n) is 5.13. The van der Waals surface area contributed by atoms with Crippen LogP contribution >= 0.6 is 15.9 Å². The highest BCUT2D eigenvalue weighted by atomic mass is 79.9. The molecule has 0 fully saturated rings. The van der Waals surface area contributed by atoms with Gasteiger partial charge in [-0.3, -0.25) is 0 Å². The number of hydrogen-bond donors (Lipinski definition) is 1. The number of benzene rings is 4. The van der Waals surface area contributed by atoms with E-state index in [9.17, 15) is 5.11 Å². The van der Waals surface area contributed by atoms with E-state index in [1.54, 1.807) is 21.0 Å². The van der Waals surface area contributed by atoms with Crippen molar-refractivity contribution in [2.45, 2.75) is 78.4 Å². The molecule has 0 amide bonds. The molecule has 4 rings (SSSR count). The van der Waals surface area contributed by atoms with Gasteiger partial charge in [-0.2, -0.15) is 0 Å². The molecular formula is C35H39BrO2. The second kappa shape index (κ2) is 10.2. The van der Waals surface area contributed by atoms with Crippen molar-refractivity contribution >= 4 is 37.5 Å². The van der Waals surface area contributed by atoms with Crippen LogP contribution in [0.1, 0.15) is 77.6 Å². The summed E-state index contributed by atoms with van der Waals surface area (Å²) >= 11 is 3.88. The molecule has 2 nitrogen and oxygen atoms in total. The molecule has 38 heavy (non-hydrogen) atoms. The molecular weight excluding hydrogens is 532 g/mol. The minimum absolute atomic E-state index is 0.0384. The molecule has 0 radical (unpaired) electrons. The topological polar surface area (TPSA) is 29.5 Å². The number of halogens is 1. The summed E-state index contributed by atoms with van der Waals surface area (Å²) in [5.41, 5.74) is 6.00. The van der Waals surface area contributed by atoms with Gasteiger partial charge in [-0.1, -0.05) is 102 Å². The van der Waals surface area contributed by atoms with Crippen molar-refractivity contribution < 1.29 is 9.84 Å². The van der Waals surface area contributed by atoms with E-state index in [0.717, 1.165) is 37.1 Å². The Hall–Kier alpha value is -2.64. The highest BCUT2D eigenvalue weighted by Crippen LogP contribution is 2.41. The van der Waals surface area contributed by atoms with E-state index in [4.69, 9.17) is 4.74 Å². The van der Waals surface area contributed by atoms with Crippen LogP contribution < -0.4 is 0 Å². The molecule has 0 aliphatic heterocycles. The van der Waals surface area contributed by atoms with Gasteiger partial charge in [0.15, 0.2) is 0 Å². The van der Waals surface area contributed by atoms with Gasteiger partial charge in [-0.25, -0.2) is 0 Å². The van der Waals surface area contributed by atoms with Crippen molar-refractivity contribution in [3.63, 3.8) is 0 Å². The Balaban J connectivity index is 2.09. The molecule has 0 saturated carbocycles. The summed E-state index contributed by atoms with van der Waals surface area (Å²) in [6, 6.07) is 19.6. The van der Waals surface area contributed by atoms with Crippen molar-refractivity contribution in [1.29, 1.82) is 0 Å². The lowest BCUT2D eigenvalue weighted by Crippen LogP contribution is -2.21. The van der Waals surface area contributed by atoms with E-state index in [1.165, 1.54) is 22.3 Å². The summed E-state index contributed by atoms with van der Waals surface area (Å²) in [7, 11) is 1.77. The quantitative estimate of drug-likeness (QED) is 0.196. The predicted octanol–water partition coefficient (Wildman–Crippen LogP) is 9.29. The van der Waals surface area contributed by atoms with E-state index in [2.05, 4.69) is 112 Å². The van der Waals surface area contributed by atoms with Crippen LogP contribution in [0.5, 0.6) is 0 Å². The van der Waals surface area contributed by atoms with Crippen molar-refractivity contribution in [2.24, 2.45) is 0 Å². The standard InChI is InChI=1S/C35H39BrO2/c1-33(2,3)30-19-23(20-31(34(4,5)6)29(30)21-38-9)22-14-15-27-28(18-22)25(16-17-35(7,8)37)24-12-10-11-13-26(24)32(27)36/h10-15,18-20,37H,21H2,1-9H3. The molecule has 198 valence electrons. The lowest BCUT2D eigenvalue weighted by Gasteiger charge is -2.31. The summed E-state index contributed by atoms with van der Waals surface area (Å²) < 4.78 is 6.75. The minimum Gasteiger partial charge on any atom is -0.380 e. The monoisotopic (exact) mass is 570 g/mol. The number of ether oxygens (including phenoxy) is 1. The van der Waals surface area contributed by atoms with E-state index >= 15 is 0 Å². The van der Waals surface area contributed by atoms with Crippen LogP contribution in [0, 0.1) is 11.8 Å². The summed E-state index contributed by atoms with van der Waals surface area (Å²) in [5.74, 6) is 6.39. The van der Waals surface area contributed by atoms with Crippen LogP contribution in [-0.2, 0) is 22.2 Å². The third-order valence-electron chi connectivity index (χ3n) is 6.94. The first-order valence-electron chi connectivity index (χ1n) is 13.2. The second-order valence-electron chi connectivity index (χ2n) is 12.8. The largest absolute Gasteiger partial charge is 0.380 e. The maximum atomic E-state index is 10.4. The van der Waals surface area contributed by atoms with Gasteiger partial charge in [0.25, 0.3) is 0 Å². The minimum atomic E-state index is -1.08. The third kappa shape index (κ3) is 5.69. The van der Waals surface area contributed by atoms with Crippen LogP contribution in [-0.4, -0.2) is 17.8 Å². The van der Waals surface area contributed by atoms with Gasteiger partial charge < -0.3 is 9.84 Å². The molecule has 4 aromatic rings. The molecule has 1 N–H and O–H groups in total. The Morgan fingerprint density at radius 2 is 1.29 bits per heavy atom. The van der Waals surface area contributed by atoms with Crippen LogP contribution in [0.15, 0.2) is 59.1 Å². The van der Waals surface area contributed by atoms with Gasteiger partial charge in [0.05, 0.1) is 6.61 Å². The van der Waals surface area contributed by atoms with Crippen molar-refractivity contribution in [3.05, 3.63) is 81.3 Å². The van der Waals surface area contributed by atoms with Crippen LogP contribution in [0.4, 0.5) is 0 Å². The maximum absolute atomic E-state index is 10.4. The first-order valence-corrected chi connectivity index (χ1v) is 14.0. The van der Waals surface area contributed by atoms with E-state index in [-0.39, 0.29) is 10.8 Å². The lowest BCUT2D eigenvalue weighted by atomic mass is 9.74. The number of fused-ring (bicyclic) bond motifs is 2. The fraction of sp³-hybridized carbons (Fsp3) is 0.371. The average molecular weight is 572 g/mol. The van der Waals surface area contributed by atoms with Crippen LogP contribution in [0.2, 0.25) is 0 Å². The normalized spacial score (nSPS) is 12.6. The summed E-state index contributed by atoms with van der Waals surface area (Å²) in [6.07, 6.45) is 0. The summed E-state index contributed by atoms with van der Waals surface area (Å²) in [6.45, 7) is 17.6. The Bertz CT molecular complexity index is 1540. The first kappa shape index (κ1) is 28.4. The zero-order valence-electron chi connectivity index (χ0n) is 24.1. The second-order valence-corrected chi connectivity index (χ2v) is 13.6. The SMILES string of the molecule is COCc1c(C(C)(C)C)cc(-c2ccc3c(Br)c4ccccc4c(C#CC(C)(C)O)c3c2)cc1C(C)(C)C.